The molecule has 2 unspecified atom stereocenters. The molecule has 32 heavy (non-hydrogen) atoms. The molecule has 4 rings (SSSR count). The van der Waals surface area contributed by atoms with Gasteiger partial charge in [0.15, 0.2) is 0 Å². The fourth-order valence-electron chi connectivity index (χ4n) is 4.32. The highest BCUT2D eigenvalue weighted by Gasteiger charge is 2.41. The van der Waals surface area contributed by atoms with Gasteiger partial charge < -0.3 is 5.32 Å². The summed E-state index contributed by atoms with van der Waals surface area (Å²) in [5, 5.41) is 2.94. The summed E-state index contributed by atoms with van der Waals surface area (Å²) in [5.74, 6) is -1.86. The summed E-state index contributed by atoms with van der Waals surface area (Å²) in [5.41, 5.74) is 1.54. The number of nitrogens with one attached hydrogen (secondary N) is 1. The van der Waals surface area contributed by atoms with Crippen molar-refractivity contribution in [2.75, 3.05) is 29.7 Å². The molecule has 2 aliphatic heterocycles. The lowest BCUT2D eigenvalue weighted by Crippen LogP contribution is -2.36. The normalized spacial score (nSPS) is 21.6. The maximum atomic E-state index is 13.4. The van der Waals surface area contributed by atoms with Crippen molar-refractivity contribution in [3.05, 3.63) is 65.5 Å². The fourth-order valence-corrected chi connectivity index (χ4v) is 6.14. The lowest BCUT2D eigenvalue weighted by molar-refractivity contribution is -0.119. The third-order valence-corrected chi connectivity index (χ3v) is 7.89. The number of sulfonamides is 1. The number of anilines is 1. The quantitative estimate of drug-likeness (QED) is 0.718. The van der Waals surface area contributed by atoms with Crippen LogP contribution in [0.2, 0.25) is 0 Å². The molecule has 170 valence electrons. The Bertz CT molecular complexity index is 1100. The Labute approximate surface area is 187 Å². The maximum absolute atomic E-state index is 13.4. The number of halogens is 1. The lowest BCUT2D eigenvalue weighted by atomic mass is 10.0. The van der Waals surface area contributed by atoms with Gasteiger partial charge in [-0.3, -0.25) is 14.5 Å². The van der Waals surface area contributed by atoms with E-state index in [1.807, 2.05) is 0 Å². The molecular formula is C23H26FN3O4S. The highest BCUT2D eigenvalue weighted by atomic mass is 32.2. The summed E-state index contributed by atoms with van der Waals surface area (Å²) < 4.78 is 38.7. The first-order chi connectivity index (χ1) is 15.3. The zero-order valence-corrected chi connectivity index (χ0v) is 18.6. The summed E-state index contributed by atoms with van der Waals surface area (Å²) in [7, 11) is -3.69. The molecule has 0 saturated carbocycles. The SMILES string of the molecule is CC1CS(=O)(=O)N(c2ccc(C(=O)NCC(c3ccc(F)cc3)N3CCCC3)cc2)C1=O. The summed E-state index contributed by atoms with van der Waals surface area (Å²) in [6.07, 6.45) is 2.17. The predicted molar refractivity (Wildman–Crippen MR) is 119 cm³/mol. The van der Waals surface area contributed by atoms with Crippen LogP contribution in [0.25, 0.3) is 0 Å². The molecule has 0 aromatic heterocycles. The molecule has 7 nitrogen and oxygen atoms in total. The van der Waals surface area contributed by atoms with Crippen LogP contribution in [0.1, 0.15) is 41.7 Å². The van der Waals surface area contributed by atoms with Gasteiger partial charge >= 0.3 is 0 Å². The Balaban J connectivity index is 1.46. The van der Waals surface area contributed by atoms with E-state index in [1.54, 1.807) is 19.1 Å². The summed E-state index contributed by atoms with van der Waals surface area (Å²) in [6, 6.07) is 12.2. The number of hydrogen-bond donors (Lipinski definition) is 1. The van der Waals surface area contributed by atoms with Gasteiger partial charge in [0, 0.05) is 12.1 Å². The molecule has 9 heteroatoms. The average molecular weight is 460 g/mol. The molecule has 2 fully saturated rings. The van der Waals surface area contributed by atoms with Crippen molar-refractivity contribution in [3.8, 4) is 0 Å². The first-order valence-corrected chi connectivity index (χ1v) is 12.3. The Kier molecular flexibility index (Phi) is 6.30. The number of carbonyl (C=O) groups is 2. The van der Waals surface area contributed by atoms with E-state index in [4.69, 9.17) is 0 Å². The van der Waals surface area contributed by atoms with Crippen LogP contribution in [0.15, 0.2) is 48.5 Å². The second kappa shape index (κ2) is 8.99. The standard InChI is InChI=1S/C23H26FN3O4S/c1-16-15-32(30,31)27(23(16)29)20-10-6-18(7-11-20)22(28)25-14-21(26-12-2-3-13-26)17-4-8-19(24)9-5-17/h4-11,16,21H,2-3,12-15H2,1H3,(H,25,28). The van der Waals surface area contributed by atoms with Crippen molar-refractivity contribution < 1.29 is 22.4 Å². The summed E-state index contributed by atoms with van der Waals surface area (Å²) >= 11 is 0. The fraction of sp³-hybridized carbons (Fsp3) is 0.391. The molecule has 1 N–H and O–H groups in total. The van der Waals surface area contributed by atoms with E-state index < -0.39 is 21.8 Å². The van der Waals surface area contributed by atoms with Crippen LogP contribution in [0.5, 0.6) is 0 Å². The number of benzene rings is 2. The highest BCUT2D eigenvalue weighted by Crippen LogP contribution is 2.29. The van der Waals surface area contributed by atoms with Crippen LogP contribution < -0.4 is 9.62 Å². The van der Waals surface area contributed by atoms with Gasteiger partial charge in [0.05, 0.1) is 23.4 Å². The molecule has 0 spiro atoms. The molecular weight excluding hydrogens is 433 g/mol. The topological polar surface area (TPSA) is 86.8 Å². The summed E-state index contributed by atoms with van der Waals surface area (Å²) in [6.45, 7) is 3.79. The van der Waals surface area contributed by atoms with Crippen molar-refractivity contribution in [2.45, 2.75) is 25.8 Å². The van der Waals surface area contributed by atoms with E-state index in [0.29, 0.717) is 12.1 Å². The zero-order chi connectivity index (χ0) is 22.9. The molecule has 2 amide bonds. The van der Waals surface area contributed by atoms with Crippen molar-refractivity contribution in [1.29, 1.82) is 0 Å². The smallest absolute Gasteiger partial charge is 0.251 e. The monoisotopic (exact) mass is 459 g/mol. The van der Waals surface area contributed by atoms with Gasteiger partial charge in [0.25, 0.3) is 5.91 Å². The van der Waals surface area contributed by atoms with Gasteiger partial charge in [-0.1, -0.05) is 19.1 Å². The predicted octanol–water partition coefficient (Wildman–Crippen LogP) is 2.71. The third kappa shape index (κ3) is 4.54. The van der Waals surface area contributed by atoms with E-state index in [2.05, 4.69) is 10.2 Å². The Hall–Kier alpha value is -2.78. The molecule has 2 atom stereocenters. The van der Waals surface area contributed by atoms with Gasteiger partial charge in [-0.25, -0.2) is 17.1 Å². The van der Waals surface area contributed by atoms with Crippen molar-refractivity contribution in [1.82, 2.24) is 10.2 Å². The number of nitrogens with zero attached hydrogens (tertiary/aromatic N) is 2. The minimum Gasteiger partial charge on any atom is -0.350 e. The molecule has 2 saturated heterocycles. The largest absolute Gasteiger partial charge is 0.350 e. The van der Waals surface area contributed by atoms with E-state index in [0.717, 1.165) is 35.8 Å². The van der Waals surface area contributed by atoms with Crippen LogP contribution in [0.4, 0.5) is 10.1 Å². The molecule has 2 aromatic rings. The molecule has 0 aliphatic carbocycles. The van der Waals surface area contributed by atoms with E-state index in [-0.39, 0.29) is 29.2 Å². The Morgan fingerprint density at radius 3 is 2.28 bits per heavy atom. The van der Waals surface area contributed by atoms with Crippen LogP contribution in [-0.4, -0.2) is 50.5 Å². The van der Waals surface area contributed by atoms with E-state index in [9.17, 15) is 22.4 Å². The first kappa shape index (κ1) is 22.4. The average Bonchev–Trinajstić information content (AvgIpc) is 3.36. The van der Waals surface area contributed by atoms with Gasteiger partial charge in [0.1, 0.15) is 5.82 Å². The molecule has 2 aliphatic rings. The Morgan fingerprint density at radius 1 is 1.09 bits per heavy atom. The van der Waals surface area contributed by atoms with Gasteiger partial charge in [0.2, 0.25) is 15.9 Å². The summed E-state index contributed by atoms with van der Waals surface area (Å²) in [4.78, 5) is 27.3. The first-order valence-electron chi connectivity index (χ1n) is 10.7. The molecule has 0 bridgehead atoms. The van der Waals surface area contributed by atoms with Crippen LogP contribution in [0.3, 0.4) is 0 Å². The minimum atomic E-state index is -3.69. The van der Waals surface area contributed by atoms with Crippen molar-refractivity contribution in [3.63, 3.8) is 0 Å². The number of rotatable bonds is 6. The van der Waals surface area contributed by atoms with Crippen molar-refractivity contribution >= 4 is 27.5 Å². The molecule has 2 heterocycles. The Morgan fingerprint density at radius 2 is 1.72 bits per heavy atom. The van der Waals surface area contributed by atoms with Gasteiger partial charge in [-0.2, -0.15) is 0 Å². The minimum absolute atomic E-state index is 0.0600. The third-order valence-electron chi connectivity index (χ3n) is 6.02. The van der Waals surface area contributed by atoms with Crippen molar-refractivity contribution in [2.24, 2.45) is 5.92 Å². The second-order valence-corrected chi connectivity index (χ2v) is 10.2. The van der Waals surface area contributed by atoms with E-state index in [1.165, 1.54) is 36.4 Å². The van der Waals surface area contributed by atoms with Crippen LogP contribution in [0, 0.1) is 11.7 Å². The second-order valence-electron chi connectivity index (χ2n) is 8.35. The molecule has 2 aromatic carbocycles. The number of carbonyl (C=O) groups excluding carboxylic acids is 2. The van der Waals surface area contributed by atoms with Crippen LogP contribution in [-0.2, 0) is 14.8 Å². The number of hydrogen-bond acceptors (Lipinski definition) is 5. The van der Waals surface area contributed by atoms with Gasteiger partial charge in [-0.15, -0.1) is 0 Å². The molecule has 0 radical (unpaired) electrons. The van der Waals surface area contributed by atoms with Gasteiger partial charge in [-0.05, 0) is 67.9 Å². The highest BCUT2D eigenvalue weighted by molar-refractivity contribution is 7.94. The maximum Gasteiger partial charge on any atom is 0.251 e. The van der Waals surface area contributed by atoms with E-state index >= 15 is 0 Å². The number of amides is 2. The number of likely N-dealkylation sites (tertiary alicyclic amines) is 1. The van der Waals surface area contributed by atoms with Crippen LogP contribution >= 0.6 is 0 Å². The lowest BCUT2D eigenvalue weighted by Gasteiger charge is -2.28. The zero-order valence-electron chi connectivity index (χ0n) is 17.8.